The van der Waals surface area contributed by atoms with Crippen LogP contribution >= 0.6 is 0 Å². The number of aryl methyl sites for hydroxylation is 2. The number of rotatable bonds is 4. The Kier molecular flexibility index (Phi) is 6.26. The quantitative estimate of drug-likeness (QED) is 0.414. The molecule has 4 saturated heterocycles. The van der Waals surface area contributed by atoms with Crippen LogP contribution in [0.3, 0.4) is 0 Å². The fourth-order valence-corrected chi connectivity index (χ4v) is 8.46. The van der Waals surface area contributed by atoms with E-state index >= 15 is 4.39 Å². The van der Waals surface area contributed by atoms with E-state index in [0.29, 0.717) is 49.2 Å². The lowest BCUT2D eigenvalue weighted by atomic mass is 9.95. The number of halogens is 5. The lowest BCUT2D eigenvalue weighted by molar-refractivity contribution is -0.137. The zero-order valence-corrected chi connectivity index (χ0v) is 24.2. The largest absolute Gasteiger partial charge is 0.461 e. The molecule has 0 unspecified atom stereocenters. The van der Waals surface area contributed by atoms with E-state index in [1.807, 2.05) is 0 Å². The number of ether oxygens (including phenoxy) is 1. The summed E-state index contributed by atoms with van der Waals surface area (Å²) in [6.07, 6.45) is -0.715. The highest BCUT2D eigenvalue weighted by Crippen LogP contribution is 2.45. The summed E-state index contributed by atoms with van der Waals surface area (Å²) in [5.41, 5.74) is 3.14. The van der Waals surface area contributed by atoms with Gasteiger partial charge >= 0.3 is 12.2 Å². The third kappa shape index (κ3) is 4.31. The van der Waals surface area contributed by atoms with Crippen molar-refractivity contribution in [3.8, 4) is 17.4 Å². The van der Waals surface area contributed by atoms with Gasteiger partial charge in [0.15, 0.2) is 5.82 Å². The van der Waals surface area contributed by atoms with E-state index in [4.69, 9.17) is 15.5 Å². The Bertz CT molecular complexity index is 1670. The van der Waals surface area contributed by atoms with Gasteiger partial charge in [0.2, 0.25) is 0 Å². The summed E-state index contributed by atoms with van der Waals surface area (Å²) in [6.45, 7) is 3.17. The van der Waals surface area contributed by atoms with Crippen molar-refractivity contribution in [3.05, 3.63) is 28.7 Å². The summed E-state index contributed by atoms with van der Waals surface area (Å²) in [5, 5.41) is 4.04. The van der Waals surface area contributed by atoms with Gasteiger partial charge in [-0.05, 0) is 63.6 Å². The van der Waals surface area contributed by atoms with E-state index in [1.54, 1.807) is 0 Å². The molecule has 8 heterocycles. The number of nitrogens with two attached hydrogens (primary N) is 1. The number of fused-ring (bicyclic) bond motifs is 6. The fourth-order valence-electron chi connectivity index (χ4n) is 8.46. The van der Waals surface area contributed by atoms with Crippen LogP contribution in [0.4, 0.5) is 33.6 Å². The second-order valence-corrected chi connectivity index (χ2v) is 13.0. The third-order valence-corrected chi connectivity index (χ3v) is 10.3. The first-order valence-electron chi connectivity index (χ1n) is 15.3. The minimum Gasteiger partial charge on any atom is -0.461 e. The molecule has 14 heteroatoms. The topological polar surface area (TPSA) is 105 Å². The molecule has 0 radical (unpaired) electrons. The van der Waals surface area contributed by atoms with Crippen molar-refractivity contribution in [2.75, 3.05) is 36.9 Å². The Balaban J connectivity index is 1.31. The predicted molar refractivity (Wildman–Crippen MR) is 153 cm³/mol. The number of piperazine rings is 1. The van der Waals surface area contributed by atoms with Crippen LogP contribution in [0.5, 0.6) is 6.01 Å². The van der Waals surface area contributed by atoms with Gasteiger partial charge < -0.3 is 20.7 Å². The lowest BCUT2D eigenvalue weighted by Crippen LogP contribution is -2.58. The Morgan fingerprint density at radius 3 is 2.77 bits per heavy atom. The molecule has 0 spiro atoms. The molecular weight excluding hydrogens is 583 g/mol. The van der Waals surface area contributed by atoms with Gasteiger partial charge in [0.1, 0.15) is 41.3 Å². The van der Waals surface area contributed by atoms with Crippen LogP contribution in [0.25, 0.3) is 22.3 Å². The SMILES string of the molecule is Cc1cc(N)nc(-c2nc3c4c(nc(OC[C@@]56CCCN5C[C@H](F)C6)nc4c2F)N2C[C@H]4CC[C@H](N4)[C@H]2CC3)c1C(F)(F)F. The number of anilines is 2. The van der Waals surface area contributed by atoms with Gasteiger partial charge in [0.05, 0.1) is 22.2 Å². The minimum absolute atomic E-state index is 0.0323. The maximum atomic E-state index is 16.7. The van der Waals surface area contributed by atoms with E-state index in [9.17, 15) is 17.6 Å². The van der Waals surface area contributed by atoms with Crippen molar-refractivity contribution >= 4 is 22.5 Å². The van der Waals surface area contributed by atoms with E-state index < -0.39 is 40.7 Å². The zero-order valence-electron chi connectivity index (χ0n) is 24.2. The molecule has 3 aromatic heterocycles. The number of hydrogen-bond donors (Lipinski definition) is 2. The van der Waals surface area contributed by atoms with Crippen molar-refractivity contribution in [3.63, 3.8) is 0 Å². The second kappa shape index (κ2) is 9.80. The van der Waals surface area contributed by atoms with Crippen LogP contribution in [-0.2, 0) is 12.6 Å². The maximum Gasteiger partial charge on any atom is 0.418 e. The predicted octanol–water partition coefficient (Wildman–Crippen LogP) is 4.35. The van der Waals surface area contributed by atoms with Gasteiger partial charge in [0.25, 0.3) is 0 Å². The molecule has 44 heavy (non-hydrogen) atoms. The van der Waals surface area contributed by atoms with Crippen LogP contribution in [0.2, 0.25) is 0 Å². The number of nitrogens with one attached hydrogen (secondary N) is 1. The summed E-state index contributed by atoms with van der Waals surface area (Å²) in [5.74, 6) is -0.739. The van der Waals surface area contributed by atoms with Crippen LogP contribution in [0, 0.1) is 12.7 Å². The van der Waals surface area contributed by atoms with Crippen LogP contribution in [-0.4, -0.2) is 80.9 Å². The van der Waals surface area contributed by atoms with Crippen molar-refractivity contribution in [2.24, 2.45) is 0 Å². The monoisotopic (exact) mass is 616 g/mol. The molecule has 234 valence electrons. The number of aromatic nitrogens is 4. The summed E-state index contributed by atoms with van der Waals surface area (Å²) in [4.78, 5) is 22.0. The van der Waals surface area contributed by atoms with Gasteiger partial charge in [-0.3, -0.25) is 4.90 Å². The highest BCUT2D eigenvalue weighted by Gasteiger charge is 2.50. The summed E-state index contributed by atoms with van der Waals surface area (Å²) >= 11 is 0. The van der Waals surface area contributed by atoms with Crippen LogP contribution in [0.15, 0.2) is 6.07 Å². The average molecular weight is 617 g/mol. The fraction of sp³-hybridized carbons (Fsp3) is 0.600. The second-order valence-electron chi connectivity index (χ2n) is 13.0. The molecule has 9 nitrogen and oxygen atoms in total. The van der Waals surface area contributed by atoms with E-state index in [0.717, 1.165) is 38.3 Å². The maximum absolute atomic E-state index is 16.7. The first-order valence-corrected chi connectivity index (χ1v) is 15.3. The van der Waals surface area contributed by atoms with Crippen LogP contribution in [0.1, 0.15) is 55.3 Å². The van der Waals surface area contributed by atoms with Gasteiger partial charge in [-0.2, -0.15) is 23.1 Å². The third-order valence-electron chi connectivity index (χ3n) is 10.3. The van der Waals surface area contributed by atoms with Crippen molar-refractivity contribution in [1.82, 2.24) is 30.2 Å². The van der Waals surface area contributed by atoms with Gasteiger partial charge in [-0.1, -0.05) is 0 Å². The van der Waals surface area contributed by atoms with Crippen LogP contribution < -0.4 is 20.7 Å². The molecule has 5 aliphatic rings. The normalized spacial score (nSPS) is 29.6. The molecule has 0 aliphatic carbocycles. The van der Waals surface area contributed by atoms with Crippen molar-refractivity contribution in [1.29, 1.82) is 0 Å². The number of nitrogens with zero attached hydrogens (tertiary/aromatic N) is 6. The van der Waals surface area contributed by atoms with Gasteiger partial charge in [-0.15, -0.1) is 0 Å². The molecule has 0 aromatic carbocycles. The molecule has 5 aliphatic heterocycles. The molecule has 4 fully saturated rings. The summed E-state index contributed by atoms with van der Waals surface area (Å²) < 4.78 is 80.2. The molecule has 2 bridgehead atoms. The van der Waals surface area contributed by atoms with Gasteiger partial charge in [-0.25, -0.2) is 18.7 Å². The lowest BCUT2D eigenvalue weighted by Gasteiger charge is -2.41. The van der Waals surface area contributed by atoms with E-state index in [-0.39, 0.29) is 47.6 Å². The standard InChI is InChI=1S/C30H33F5N8O/c1-14-9-20(36)39-25(22(14)30(33,34)35)26-23(32)24-21-18(38-26)5-6-19-17-4-3-16(37-17)12-43(19)27(21)41-28(40-24)44-13-29-7-2-8-42(29)11-15(31)10-29/h9,15-17,19,37H,2-8,10-13H2,1H3,(H2,36,39)/t15-,16-,17+,19-,29+/m1/s1. The molecule has 0 amide bonds. The number of pyridine rings is 2. The first-order chi connectivity index (χ1) is 21.0. The summed E-state index contributed by atoms with van der Waals surface area (Å²) in [6, 6.07) is 1.50. The Hall–Kier alpha value is -3.39. The molecule has 5 atom stereocenters. The zero-order chi connectivity index (χ0) is 30.5. The number of hydrogen-bond acceptors (Lipinski definition) is 9. The van der Waals surface area contributed by atoms with E-state index in [2.05, 4.69) is 30.1 Å². The van der Waals surface area contributed by atoms with Crippen molar-refractivity contribution in [2.45, 2.75) is 87.9 Å². The molecule has 0 saturated carbocycles. The van der Waals surface area contributed by atoms with Gasteiger partial charge in [0, 0.05) is 37.6 Å². The first kappa shape index (κ1) is 28.1. The number of alkyl halides is 4. The molecule has 8 rings (SSSR count). The highest BCUT2D eigenvalue weighted by atomic mass is 19.4. The molecule has 3 aromatic rings. The Labute approximate surface area is 250 Å². The smallest absolute Gasteiger partial charge is 0.418 e. The molecule has 3 N–H and O–H groups in total. The molecular formula is C30H33F5N8O. The Morgan fingerprint density at radius 1 is 1.11 bits per heavy atom. The summed E-state index contributed by atoms with van der Waals surface area (Å²) in [7, 11) is 0. The average Bonchev–Trinajstić information content (AvgIpc) is 3.59. The minimum atomic E-state index is -4.82. The number of nitrogen functional groups attached to an aromatic ring is 1. The van der Waals surface area contributed by atoms with E-state index in [1.165, 1.54) is 6.92 Å². The Morgan fingerprint density at radius 2 is 1.95 bits per heavy atom. The van der Waals surface area contributed by atoms with Crippen molar-refractivity contribution < 1.29 is 26.7 Å². The highest BCUT2D eigenvalue weighted by molar-refractivity contribution is 5.95.